The topological polar surface area (TPSA) is 126 Å². The van der Waals surface area contributed by atoms with Crippen LogP contribution in [0.25, 0.3) is 11.0 Å². The van der Waals surface area contributed by atoms with Crippen molar-refractivity contribution in [3.8, 4) is 6.07 Å². The lowest BCUT2D eigenvalue weighted by Gasteiger charge is -2.36. The number of hydrogen-bond acceptors (Lipinski definition) is 7. The molecule has 0 aromatic carbocycles. The Hall–Kier alpha value is -3.74. The highest BCUT2D eigenvalue weighted by Crippen LogP contribution is 2.27. The standard InChI is InChI=1S/C18H17FN8O/c19-13-10-26(16-2-1-11(9-20)24-25-16)7-5-15(13)23-14-3-6-22-17-12(14)4-8-27(17)18(21)28/h1-4,6,8,13,15H,5,7,10H2,(H2,21,28)(H,22,23)/t13-,15+/m0/s1. The minimum Gasteiger partial charge on any atom is -0.379 e. The molecule has 4 heterocycles. The van der Waals surface area contributed by atoms with Gasteiger partial charge in [0.25, 0.3) is 0 Å². The van der Waals surface area contributed by atoms with Gasteiger partial charge >= 0.3 is 6.03 Å². The Morgan fingerprint density at radius 1 is 1.32 bits per heavy atom. The molecular weight excluding hydrogens is 363 g/mol. The third-order valence-electron chi connectivity index (χ3n) is 4.80. The summed E-state index contributed by atoms with van der Waals surface area (Å²) in [6.45, 7) is 0.754. The number of alkyl halides is 1. The number of primary amides is 1. The summed E-state index contributed by atoms with van der Waals surface area (Å²) in [5.74, 6) is 0.546. The second-order valence-electron chi connectivity index (χ2n) is 6.51. The summed E-state index contributed by atoms with van der Waals surface area (Å²) >= 11 is 0. The van der Waals surface area contributed by atoms with Crippen molar-refractivity contribution in [1.82, 2.24) is 19.7 Å². The minimum absolute atomic E-state index is 0.161. The first-order chi connectivity index (χ1) is 13.6. The fourth-order valence-corrected chi connectivity index (χ4v) is 3.37. The van der Waals surface area contributed by atoms with E-state index in [0.717, 1.165) is 0 Å². The molecule has 3 aromatic heterocycles. The van der Waals surface area contributed by atoms with Gasteiger partial charge in [0.2, 0.25) is 0 Å². The number of nitrogens with zero attached hydrogens (tertiary/aromatic N) is 6. The average molecular weight is 380 g/mol. The van der Waals surface area contributed by atoms with E-state index in [4.69, 9.17) is 11.0 Å². The Morgan fingerprint density at radius 3 is 2.86 bits per heavy atom. The summed E-state index contributed by atoms with van der Waals surface area (Å²) in [5, 5.41) is 20.5. The molecule has 0 aliphatic carbocycles. The number of pyridine rings is 1. The lowest BCUT2D eigenvalue weighted by molar-refractivity contribution is 0.251. The molecule has 3 aromatic rings. The molecule has 1 saturated heterocycles. The molecule has 142 valence electrons. The third-order valence-corrected chi connectivity index (χ3v) is 4.80. The van der Waals surface area contributed by atoms with Gasteiger partial charge in [-0.25, -0.2) is 14.2 Å². The monoisotopic (exact) mass is 380 g/mol. The maximum absolute atomic E-state index is 14.8. The van der Waals surface area contributed by atoms with E-state index >= 15 is 0 Å². The van der Waals surface area contributed by atoms with E-state index in [-0.39, 0.29) is 12.2 Å². The van der Waals surface area contributed by atoms with Crippen LogP contribution in [-0.2, 0) is 0 Å². The molecule has 0 saturated carbocycles. The van der Waals surface area contributed by atoms with E-state index in [1.165, 1.54) is 4.57 Å². The zero-order valence-electron chi connectivity index (χ0n) is 14.8. The van der Waals surface area contributed by atoms with E-state index in [0.29, 0.717) is 35.5 Å². The van der Waals surface area contributed by atoms with Gasteiger partial charge in [-0.15, -0.1) is 10.2 Å². The van der Waals surface area contributed by atoms with Crippen LogP contribution in [0.15, 0.2) is 36.7 Å². The van der Waals surface area contributed by atoms with Crippen LogP contribution in [0.4, 0.5) is 20.7 Å². The molecule has 1 aliphatic rings. The molecule has 4 rings (SSSR count). The zero-order chi connectivity index (χ0) is 19.7. The summed E-state index contributed by atoms with van der Waals surface area (Å²) < 4.78 is 16.1. The van der Waals surface area contributed by atoms with Gasteiger partial charge in [0, 0.05) is 30.0 Å². The van der Waals surface area contributed by atoms with Crippen LogP contribution in [0.2, 0.25) is 0 Å². The molecule has 1 aliphatic heterocycles. The van der Waals surface area contributed by atoms with Crippen molar-refractivity contribution in [2.45, 2.75) is 18.6 Å². The maximum atomic E-state index is 14.8. The number of amides is 1. The highest BCUT2D eigenvalue weighted by Gasteiger charge is 2.30. The van der Waals surface area contributed by atoms with Crippen molar-refractivity contribution in [2.75, 3.05) is 23.3 Å². The highest BCUT2D eigenvalue weighted by atomic mass is 19.1. The lowest BCUT2D eigenvalue weighted by Crippen LogP contribution is -2.48. The van der Waals surface area contributed by atoms with Crippen LogP contribution in [0, 0.1) is 11.3 Å². The number of aromatic nitrogens is 4. The normalized spacial score (nSPS) is 19.4. The number of nitrogens with one attached hydrogen (secondary N) is 1. The van der Waals surface area contributed by atoms with Gasteiger partial charge in [-0.3, -0.25) is 4.57 Å². The summed E-state index contributed by atoms with van der Waals surface area (Å²) in [6.07, 6.45) is 2.50. The molecule has 28 heavy (non-hydrogen) atoms. The summed E-state index contributed by atoms with van der Waals surface area (Å²) in [4.78, 5) is 17.5. The van der Waals surface area contributed by atoms with Gasteiger partial charge in [-0.1, -0.05) is 0 Å². The van der Waals surface area contributed by atoms with Crippen molar-refractivity contribution in [2.24, 2.45) is 5.73 Å². The molecule has 0 unspecified atom stereocenters. The summed E-state index contributed by atoms with van der Waals surface area (Å²) in [6, 6.07) is 7.60. The quantitative estimate of drug-likeness (QED) is 0.707. The lowest BCUT2D eigenvalue weighted by atomic mass is 10.0. The first-order valence-corrected chi connectivity index (χ1v) is 8.72. The third kappa shape index (κ3) is 3.18. The molecule has 10 heteroatoms. The zero-order valence-corrected chi connectivity index (χ0v) is 14.8. The van der Waals surface area contributed by atoms with Gasteiger partial charge in [0.05, 0.1) is 12.6 Å². The maximum Gasteiger partial charge on any atom is 0.324 e. The number of hydrogen-bond donors (Lipinski definition) is 2. The Labute approximate surface area is 159 Å². The second-order valence-corrected chi connectivity index (χ2v) is 6.51. The van der Waals surface area contributed by atoms with E-state index in [1.807, 2.05) is 11.0 Å². The van der Waals surface area contributed by atoms with Crippen molar-refractivity contribution in [3.05, 3.63) is 42.4 Å². The predicted molar refractivity (Wildman–Crippen MR) is 101 cm³/mol. The number of nitrogens with two attached hydrogens (primary N) is 1. The number of carbonyl (C=O) groups excluding carboxylic acids is 1. The molecule has 0 radical (unpaired) electrons. The Balaban J connectivity index is 1.49. The molecule has 0 spiro atoms. The molecule has 9 nitrogen and oxygen atoms in total. The number of rotatable bonds is 3. The Bertz CT molecular complexity index is 1060. The van der Waals surface area contributed by atoms with E-state index in [9.17, 15) is 9.18 Å². The molecule has 0 bridgehead atoms. The van der Waals surface area contributed by atoms with Crippen molar-refractivity contribution < 1.29 is 9.18 Å². The van der Waals surface area contributed by atoms with Crippen LogP contribution < -0.4 is 16.0 Å². The predicted octanol–water partition coefficient (Wildman–Crippen LogP) is 1.65. The van der Waals surface area contributed by atoms with Gasteiger partial charge in [-0.2, -0.15) is 5.26 Å². The highest BCUT2D eigenvalue weighted by molar-refractivity contribution is 5.95. The number of anilines is 2. The van der Waals surface area contributed by atoms with Crippen molar-refractivity contribution in [1.29, 1.82) is 5.26 Å². The molecule has 1 amide bonds. The van der Waals surface area contributed by atoms with Crippen LogP contribution in [0.1, 0.15) is 12.1 Å². The first kappa shape index (κ1) is 17.7. The minimum atomic E-state index is -1.15. The van der Waals surface area contributed by atoms with Gasteiger partial charge < -0.3 is 16.0 Å². The van der Waals surface area contributed by atoms with Crippen LogP contribution in [-0.4, -0.2) is 51.1 Å². The number of carbonyl (C=O) groups is 1. The summed E-state index contributed by atoms with van der Waals surface area (Å²) in [5.41, 5.74) is 6.69. The second kappa shape index (κ2) is 7.11. The van der Waals surface area contributed by atoms with Crippen molar-refractivity contribution >= 4 is 28.6 Å². The van der Waals surface area contributed by atoms with Gasteiger partial charge in [0.15, 0.2) is 11.5 Å². The smallest absolute Gasteiger partial charge is 0.324 e. The van der Waals surface area contributed by atoms with E-state index in [1.54, 1.807) is 36.7 Å². The fraction of sp³-hybridized carbons (Fsp3) is 0.278. The van der Waals surface area contributed by atoms with E-state index in [2.05, 4.69) is 20.5 Å². The molecular formula is C18H17FN8O. The molecule has 3 N–H and O–H groups in total. The molecule has 2 atom stereocenters. The summed E-state index contributed by atoms with van der Waals surface area (Å²) in [7, 11) is 0. The Kier molecular flexibility index (Phi) is 4.49. The van der Waals surface area contributed by atoms with Crippen LogP contribution in [0.3, 0.4) is 0 Å². The average Bonchev–Trinajstić information content (AvgIpc) is 3.15. The van der Waals surface area contributed by atoms with Gasteiger partial charge in [-0.05, 0) is 30.7 Å². The van der Waals surface area contributed by atoms with Crippen molar-refractivity contribution in [3.63, 3.8) is 0 Å². The SMILES string of the molecule is N#Cc1ccc(N2CC[C@@H](Nc3ccnc4c3ccn4C(N)=O)[C@@H](F)C2)nn1. The fourth-order valence-electron chi connectivity index (χ4n) is 3.37. The number of fused-ring (bicyclic) bond motifs is 1. The largest absolute Gasteiger partial charge is 0.379 e. The van der Waals surface area contributed by atoms with Crippen LogP contribution >= 0.6 is 0 Å². The first-order valence-electron chi connectivity index (χ1n) is 8.72. The number of halogens is 1. The van der Waals surface area contributed by atoms with E-state index < -0.39 is 18.2 Å². The number of piperidine rings is 1. The molecule has 1 fully saturated rings. The van der Waals surface area contributed by atoms with Crippen LogP contribution in [0.5, 0.6) is 0 Å². The Morgan fingerprint density at radius 2 is 2.18 bits per heavy atom. The number of nitriles is 1. The van der Waals surface area contributed by atoms with Gasteiger partial charge in [0.1, 0.15) is 17.9 Å².